The topological polar surface area (TPSA) is 56.1 Å². The molecule has 0 aromatic carbocycles. The highest BCUT2D eigenvalue weighted by Crippen LogP contribution is 2.24. The van der Waals surface area contributed by atoms with Gasteiger partial charge in [0.15, 0.2) is 5.16 Å². The number of rotatable bonds is 9. The third-order valence-corrected chi connectivity index (χ3v) is 5.37. The molecule has 1 saturated heterocycles. The molecular formula is C19H29N5OS. The molecule has 3 rings (SSSR count). The van der Waals surface area contributed by atoms with Gasteiger partial charge < -0.3 is 9.30 Å². The van der Waals surface area contributed by atoms with Crippen LogP contribution >= 0.6 is 11.8 Å². The van der Waals surface area contributed by atoms with E-state index in [1.165, 1.54) is 0 Å². The molecule has 7 heteroatoms. The molecule has 0 bridgehead atoms. The monoisotopic (exact) mass is 375 g/mol. The Hall–Kier alpha value is -1.44. The zero-order valence-corrected chi connectivity index (χ0v) is 16.8. The third kappa shape index (κ3) is 5.53. The Bertz CT molecular complexity index is 670. The summed E-state index contributed by atoms with van der Waals surface area (Å²) in [6.45, 7) is 8.03. The van der Waals surface area contributed by atoms with Gasteiger partial charge in [0.05, 0.1) is 24.9 Å². The quantitative estimate of drug-likeness (QED) is 0.627. The van der Waals surface area contributed by atoms with E-state index in [0.717, 1.165) is 61.5 Å². The Labute approximate surface area is 160 Å². The Morgan fingerprint density at radius 1 is 1.35 bits per heavy atom. The minimum atomic E-state index is 0.273. The van der Waals surface area contributed by atoms with Crippen LogP contribution in [0.2, 0.25) is 0 Å². The van der Waals surface area contributed by atoms with Gasteiger partial charge in [-0.15, -0.1) is 10.2 Å². The lowest BCUT2D eigenvalue weighted by Gasteiger charge is -2.20. The second kappa shape index (κ2) is 9.48. The molecule has 0 saturated carbocycles. The van der Waals surface area contributed by atoms with Crippen molar-refractivity contribution in [1.29, 1.82) is 0 Å². The Kier molecular flexibility index (Phi) is 7.05. The molecule has 142 valence electrons. The smallest absolute Gasteiger partial charge is 0.191 e. The molecule has 3 heterocycles. The maximum atomic E-state index is 5.86. The van der Waals surface area contributed by atoms with Gasteiger partial charge in [0.2, 0.25) is 0 Å². The molecule has 0 unspecified atom stereocenters. The molecule has 6 nitrogen and oxygen atoms in total. The SMILES string of the molecule is CC(C)CN(C)Cc1nnc(SCc2ccccn2)n1C[C@H]1CCCO1. The third-order valence-electron chi connectivity index (χ3n) is 4.37. The second-order valence-electron chi connectivity index (χ2n) is 7.34. The van der Waals surface area contributed by atoms with E-state index in [9.17, 15) is 0 Å². The second-order valence-corrected chi connectivity index (χ2v) is 8.29. The van der Waals surface area contributed by atoms with Crippen LogP contribution in [0.1, 0.15) is 38.2 Å². The average molecular weight is 376 g/mol. The minimum absolute atomic E-state index is 0.273. The number of ether oxygens (including phenoxy) is 1. The Balaban J connectivity index is 1.72. The predicted molar refractivity (Wildman–Crippen MR) is 104 cm³/mol. The van der Waals surface area contributed by atoms with Gasteiger partial charge in [-0.2, -0.15) is 0 Å². The van der Waals surface area contributed by atoms with Crippen molar-refractivity contribution in [3.63, 3.8) is 0 Å². The van der Waals surface area contributed by atoms with Crippen LogP contribution in [0.4, 0.5) is 0 Å². The van der Waals surface area contributed by atoms with Gasteiger partial charge in [-0.1, -0.05) is 31.7 Å². The van der Waals surface area contributed by atoms with Gasteiger partial charge in [0.25, 0.3) is 0 Å². The standard InChI is InChI=1S/C19H29N5OS/c1-15(2)11-23(3)13-18-21-22-19(24(18)12-17-8-6-10-25-17)26-14-16-7-4-5-9-20-16/h4-5,7,9,15,17H,6,8,10-14H2,1-3H3/t17-/m1/s1. The van der Waals surface area contributed by atoms with E-state index in [0.29, 0.717) is 5.92 Å². The number of aromatic nitrogens is 4. The first-order valence-corrected chi connectivity index (χ1v) is 10.4. The predicted octanol–water partition coefficient (Wildman–Crippen LogP) is 3.23. The summed E-state index contributed by atoms with van der Waals surface area (Å²) in [6.07, 6.45) is 4.36. The zero-order chi connectivity index (χ0) is 18.4. The van der Waals surface area contributed by atoms with Crippen molar-refractivity contribution in [3.05, 3.63) is 35.9 Å². The number of hydrogen-bond acceptors (Lipinski definition) is 6. The first kappa shape index (κ1) is 19.3. The van der Waals surface area contributed by atoms with Crippen LogP contribution in [0, 0.1) is 5.92 Å². The summed E-state index contributed by atoms with van der Waals surface area (Å²) in [7, 11) is 2.14. The zero-order valence-electron chi connectivity index (χ0n) is 16.0. The van der Waals surface area contributed by atoms with E-state index in [2.05, 4.69) is 45.5 Å². The van der Waals surface area contributed by atoms with Crippen LogP contribution in [0.3, 0.4) is 0 Å². The first-order chi connectivity index (χ1) is 12.6. The lowest BCUT2D eigenvalue weighted by atomic mass is 10.2. The van der Waals surface area contributed by atoms with Crippen LogP contribution < -0.4 is 0 Å². The summed E-state index contributed by atoms with van der Waals surface area (Å²) in [5.41, 5.74) is 1.06. The van der Waals surface area contributed by atoms with Crippen LogP contribution in [0.25, 0.3) is 0 Å². The van der Waals surface area contributed by atoms with E-state index in [1.54, 1.807) is 11.8 Å². The number of pyridine rings is 1. The highest BCUT2D eigenvalue weighted by atomic mass is 32.2. The average Bonchev–Trinajstić information content (AvgIpc) is 3.25. The molecule has 26 heavy (non-hydrogen) atoms. The summed E-state index contributed by atoms with van der Waals surface area (Å²) in [6, 6.07) is 6.01. The van der Waals surface area contributed by atoms with E-state index in [4.69, 9.17) is 4.74 Å². The van der Waals surface area contributed by atoms with Crippen molar-refractivity contribution in [1.82, 2.24) is 24.6 Å². The molecular weight excluding hydrogens is 346 g/mol. The van der Waals surface area contributed by atoms with Crippen LogP contribution in [0.5, 0.6) is 0 Å². The molecule has 2 aromatic heterocycles. The summed E-state index contributed by atoms with van der Waals surface area (Å²) in [5.74, 6) is 2.45. The summed E-state index contributed by atoms with van der Waals surface area (Å²) in [5, 5.41) is 9.92. The molecule has 1 aliphatic rings. The van der Waals surface area contributed by atoms with Gasteiger partial charge in [-0.25, -0.2) is 0 Å². The van der Waals surface area contributed by atoms with Crippen molar-refractivity contribution in [2.75, 3.05) is 20.2 Å². The molecule has 1 aliphatic heterocycles. The van der Waals surface area contributed by atoms with Crippen LogP contribution in [-0.2, 0) is 23.6 Å². The number of nitrogens with zero attached hydrogens (tertiary/aromatic N) is 5. The normalized spacial score (nSPS) is 17.5. The van der Waals surface area contributed by atoms with Crippen molar-refractivity contribution in [2.45, 2.75) is 56.8 Å². The molecule has 1 atom stereocenters. The molecule has 0 radical (unpaired) electrons. The van der Waals surface area contributed by atoms with E-state index in [1.807, 2.05) is 24.4 Å². The highest BCUT2D eigenvalue weighted by molar-refractivity contribution is 7.98. The van der Waals surface area contributed by atoms with Crippen molar-refractivity contribution >= 4 is 11.8 Å². The van der Waals surface area contributed by atoms with Crippen molar-refractivity contribution < 1.29 is 4.74 Å². The van der Waals surface area contributed by atoms with E-state index < -0.39 is 0 Å². The fourth-order valence-corrected chi connectivity index (χ4v) is 4.15. The number of thioether (sulfide) groups is 1. The maximum absolute atomic E-state index is 5.86. The van der Waals surface area contributed by atoms with E-state index >= 15 is 0 Å². The first-order valence-electron chi connectivity index (χ1n) is 9.36. The molecule has 0 amide bonds. The highest BCUT2D eigenvalue weighted by Gasteiger charge is 2.21. The minimum Gasteiger partial charge on any atom is -0.376 e. The summed E-state index contributed by atoms with van der Waals surface area (Å²) in [4.78, 5) is 6.72. The fourth-order valence-electron chi connectivity index (χ4n) is 3.27. The maximum Gasteiger partial charge on any atom is 0.191 e. The number of hydrogen-bond donors (Lipinski definition) is 0. The summed E-state index contributed by atoms with van der Waals surface area (Å²) >= 11 is 1.70. The molecule has 2 aromatic rings. The fraction of sp³-hybridized carbons (Fsp3) is 0.632. The van der Waals surface area contributed by atoms with Gasteiger partial charge in [0, 0.05) is 25.1 Å². The van der Waals surface area contributed by atoms with E-state index in [-0.39, 0.29) is 6.10 Å². The molecule has 0 aliphatic carbocycles. The van der Waals surface area contributed by atoms with Gasteiger partial charge in [-0.05, 0) is 37.9 Å². The largest absolute Gasteiger partial charge is 0.376 e. The lowest BCUT2D eigenvalue weighted by molar-refractivity contribution is 0.0934. The lowest BCUT2D eigenvalue weighted by Crippen LogP contribution is -2.26. The summed E-state index contributed by atoms with van der Waals surface area (Å²) < 4.78 is 8.11. The van der Waals surface area contributed by atoms with Gasteiger partial charge >= 0.3 is 0 Å². The Morgan fingerprint density at radius 2 is 2.23 bits per heavy atom. The molecule has 0 N–H and O–H groups in total. The van der Waals surface area contributed by atoms with Crippen LogP contribution in [0.15, 0.2) is 29.6 Å². The van der Waals surface area contributed by atoms with Gasteiger partial charge in [-0.3, -0.25) is 9.88 Å². The van der Waals surface area contributed by atoms with Crippen molar-refractivity contribution in [2.24, 2.45) is 5.92 Å². The molecule has 1 fully saturated rings. The van der Waals surface area contributed by atoms with Gasteiger partial charge in [0.1, 0.15) is 5.82 Å². The molecule has 0 spiro atoms. The van der Waals surface area contributed by atoms with Crippen molar-refractivity contribution in [3.8, 4) is 0 Å². The Morgan fingerprint density at radius 3 is 2.92 bits per heavy atom. The van der Waals surface area contributed by atoms with Crippen LogP contribution in [-0.4, -0.2) is 51.0 Å².